The Labute approximate surface area is 167 Å². The molecular formula is C18H12ClF3N4OS. The minimum Gasteiger partial charge on any atom is -0.324 e. The first kappa shape index (κ1) is 20.1. The first-order valence-electron chi connectivity index (χ1n) is 7.87. The average molecular weight is 425 g/mol. The van der Waals surface area contributed by atoms with Crippen molar-refractivity contribution in [1.82, 2.24) is 15.2 Å². The zero-order valence-electron chi connectivity index (χ0n) is 14.1. The fourth-order valence-corrected chi connectivity index (χ4v) is 2.95. The maximum atomic E-state index is 12.8. The zero-order chi connectivity index (χ0) is 20.1. The Bertz CT molecular complexity index is 969. The Morgan fingerprint density at radius 3 is 2.54 bits per heavy atom. The van der Waals surface area contributed by atoms with Crippen molar-refractivity contribution in [2.75, 3.05) is 11.1 Å². The number of aromatic nitrogens is 3. The second kappa shape index (κ2) is 8.57. The maximum absolute atomic E-state index is 12.8. The molecule has 0 unspecified atom stereocenters. The number of nitrogens with one attached hydrogen (secondary N) is 1. The van der Waals surface area contributed by atoms with Gasteiger partial charge in [0.2, 0.25) is 5.91 Å². The Kier molecular flexibility index (Phi) is 6.15. The summed E-state index contributed by atoms with van der Waals surface area (Å²) in [5, 5.41) is 11.0. The number of carbonyl (C=O) groups is 1. The summed E-state index contributed by atoms with van der Waals surface area (Å²) in [6.07, 6.45) is -2.88. The van der Waals surface area contributed by atoms with E-state index >= 15 is 0 Å². The third-order valence-corrected chi connectivity index (χ3v) is 4.74. The molecule has 0 aliphatic rings. The highest BCUT2D eigenvalue weighted by molar-refractivity contribution is 7.99. The lowest BCUT2D eigenvalue weighted by Gasteiger charge is -2.11. The second-order valence-electron chi connectivity index (χ2n) is 5.50. The molecule has 10 heteroatoms. The van der Waals surface area contributed by atoms with Crippen LogP contribution in [-0.4, -0.2) is 26.8 Å². The van der Waals surface area contributed by atoms with Crippen molar-refractivity contribution < 1.29 is 18.0 Å². The lowest BCUT2D eigenvalue weighted by molar-refractivity contribution is -0.137. The second-order valence-corrected chi connectivity index (χ2v) is 6.90. The molecule has 0 aliphatic carbocycles. The molecule has 3 rings (SSSR count). The molecule has 28 heavy (non-hydrogen) atoms. The lowest BCUT2D eigenvalue weighted by Crippen LogP contribution is -2.15. The van der Waals surface area contributed by atoms with Gasteiger partial charge in [0.05, 0.1) is 27.7 Å². The number of carbonyl (C=O) groups excluding carboxylic acids is 1. The Balaban J connectivity index is 1.60. The lowest BCUT2D eigenvalue weighted by atomic mass is 10.2. The number of hydrogen-bond acceptors (Lipinski definition) is 5. The van der Waals surface area contributed by atoms with Gasteiger partial charge in [-0.05, 0) is 42.5 Å². The summed E-state index contributed by atoms with van der Waals surface area (Å²) >= 11 is 6.96. The number of hydrogen-bond donors (Lipinski definition) is 1. The van der Waals surface area contributed by atoms with E-state index in [0.717, 1.165) is 30.0 Å². The molecule has 2 aromatic heterocycles. The molecule has 1 N–H and O–H groups in total. The Hall–Kier alpha value is -2.65. The number of thioether (sulfide) groups is 1. The van der Waals surface area contributed by atoms with Gasteiger partial charge in [-0.2, -0.15) is 13.2 Å². The van der Waals surface area contributed by atoms with E-state index < -0.39 is 17.6 Å². The summed E-state index contributed by atoms with van der Waals surface area (Å²) in [4.78, 5) is 16.2. The van der Waals surface area contributed by atoms with Crippen molar-refractivity contribution in [3.63, 3.8) is 0 Å². The van der Waals surface area contributed by atoms with Gasteiger partial charge in [0.15, 0.2) is 0 Å². The molecule has 1 aromatic carbocycles. The maximum Gasteiger partial charge on any atom is 0.416 e. The van der Waals surface area contributed by atoms with Crippen molar-refractivity contribution in [2.24, 2.45) is 0 Å². The number of rotatable bonds is 5. The van der Waals surface area contributed by atoms with Crippen molar-refractivity contribution in [3.05, 3.63) is 65.3 Å². The van der Waals surface area contributed by atoms with Crippen LogP contribution in [0.1, 0.15) is 5.56 Å². The third kappa shape index (κ3) is 5.20. The van der Waals surface area contributed by atoms with E-state index in [1.807, 2.05) is 6.07 Å². The number of amides is 1. The zero-order valence-corrected chi connectivity index (χ0v) is 15.6. The van der Waals surface area contributed by atoms with E-state index in [9.17, 15) is 18.0 Å². The van der Waals surface area contributed by atoms with E-state index in [1.165, 1.54) is 0 Å². The third-order valence-electron chi connectivity index (χ3n) is 3.49. The number of alkyl halides is 3. The Morgan fingerprint density at radius 1 is 1.07 bits per heavy atom. The first-order chi connectivity index (χ1) is 13.3. The van der Waals surface area contributed by atoms with Gasteiger partial charge in [-0.1, -0.05) is 29.4 Å². The molecule has 3 aromatic rings. The fraction of sp³-hybridized carbons (Fsp3) is 0.111. The van der Waals surface area contributed by atoms with Crippen LogP contribution in [0.15, 0.2) is 59.8 Å². The predicted molar refractivity (Wildman–Crippen MR) is 101 cm³/mol. The molecule has 0 saturated heterocycles. The van der Waals surface area contributed by atoms with E-state index in [-0.39, 0.29) is 16.5 Å². The van der Waals surface area contributed by atoms with Crippen molar-refractivity contribution in [2.45, 2.75) is 11.2 Å². The topological polar surface area (TPSA) is 67.8 Å². The van der Waals surface area contributed by atoms with E-state index in [4.69, 9.17) is 11.6 Å². The largest absolute Gasteiger partial charge is 0.416 e. The van der Waals surface area contributed by atoms with Crippen molar-refractivity contribution >= 4 is 35.0 Å². The average Bonchev–Trinajstić information content (AvgIpc) is 2.68. The number of benzene rings is 1. The van der Waals surface area contributed by atoms with Crippen LogP contribution in [-0.2, 0) is 11.0 Å². The standard InChI is InChI=1S/C18H12ClF3N4OS/c19-12-5-4-11(18(20,21)22)9-15(12)24-16(27)10-28-17-7-6-14(25-26-17)13-3-1-2-8-23-13/h1-9H,10H2,(H,24,27). The van der Waals surface area contributed by atoms with E-state index in [0.29, 0.717) is 16.4 Å². The normalized spacial score (nSPS) is 11.3. The highest BCUT2D eigenvalue weighted by atomic mass is 35.5. The van der Waals surface area contributed by atoms with Gasteiger partial charge < -0.3 is 5.32 Å². The van der Waals surface area contributed by atoms with Crippen LogP contribution in [0.25, 0.3) is 11.4 Å². The smallest absolute Gasteiger partial charge is 0.324 e. The quantitative estimate of drug-likeness (QED) is 0.587. The summed E-state index contributed by atoms with van der Waals surface area (Å²) in [5.74, 6) is -0.577. The fourth-order valence-electron chi connectivity index (χ4n) is 2.17. The van der Waals surface area contributed by atoms with Crippen LogP contribution in [0.4, 0.5) is 18.9 Å². The summed E-state index contributed by atoms with van der Waals surface area (Å²) in [6.45, 7) is 0. The van der Waals surface area contributed by atoms with E-state index in [2.05, 4.69) is 20.5 Å². The summed E-state index contributed by atoms with van der Waals surface area (Å²) < 4.78 is 38.3. The number of anilines is 1. The summed E-state index contributed by atoms with van der Waals surface area (Å²) in [6, 6.07) is 11.6. The number of nitrogens with zero attached hydrogens (tertiary/aromatic N) is 3. The molecule has 0 saturated carbocycles. The highest BCUT2D eigenvalue weighted by Gasteiger charge is 2.31. The summed E-state index contributed by atoms with van der Waals surface area (Å²) in [7, 11) is 0. The highest BCUT2D eigenvalue weighted by Crippen LogP contribution is 2.34. The van der Waals surface area contributed by atoms with Crippen LogP contribution in [0.5, 0.6) is 0 Å². The summed E-state index contributed by atoms with van der Waals surface area (Å²) in [5.41, 5.74) is 0.267. The van der Waals surface area contributed by atoms with Gasteiger partial charge in [0.1, 0.15) is 10.7 Å². The monoisotopic (exact) mass is 424 g/mol. The van der Waals surface area contributed by atoms with E-state index in [1.54, 1.807) is 30.5 Å². The molecule has 0 atom stereocenters. The van der Waals surface area contributed by atoms with Crippen LogP contribution in [0, 0.1) is 0 Å². The van der Waals surface area contributed by atoms with Crippen LogP contribution in [0.3, 0.4) is 0 Å². The van der Waals surface area contributed by atoms with Gasteiger partial charge in [-0.25, -0.2) is 0 Å². The molecule has 5 nitrogen and oxygen atoms in total. The molecule has 2 heterocycles. The molecule has 0 spiro atoms. The number of pyridine rings is 1. The van der Waals surface area contributed by atoms with Crippen molar-refractivity contribution in [1.29, 1.82) is 0 Å². The molecule has 0 fully saturated rings. The SMILES string of the molecule is O=C(CSc1ccc(-c2ccccn2)nn1)Nc1cc(C(F)(F)F)ccc1Cl. The van der Waals surface area contributed by atoms with Crippen LogP contribution < -0.4 is 5.32 Å². The van der Waals surface area contributed by atoms with Gasteiger partial charge in [-0.3, -0.25) is 9.78 Å². The molecule has 0 radical (unpaired) electrons. The number of halogens is 4. The first-order valence-corrected chi connectivity index (χ1v) is 9.24. The molecule has 1 amide bonds. The predicted octanol–water partition coefficient (Wildman–Crippen LogP) is 4.94. The van der Waals surface area contributed by atoms with Gasteiger partial charge in [-0.15, -0.1) is 10.2 Å². The molecule has 0 aliphatic heterocycles. The van der Waals surface area contributed by atoms with Crippen LogP contribution >= 0.6 is 23.4 Å². The molecule has 144 valence electrons. The Morgan fingerprint density at radius 2 is 1.89 bits per heavy atom. The minimum absolute atomic E-state index is 0.0193. The molecule has 0 bridgehead atoms. The van der Waals surface area contributed by atoms with Crippen LogP contribution in [0.2, 0.25) is 5.02 Å². The van der Waals surface area contributed by atoms with Gasteiger partial charge in [0.25, 0.3) is 0 Å². The van der Waals surface area contributed by atoms with Gasteiger partial charge >= 0.3 is 6.18 Å². The minimum atomic E-state index is -4.52. The molecular weight excluding hydrogens is 413 g/mol. The van der Waals surface area contributed by atoms with Gasteiger partial charge in [0, 0.05) is 6.20 Å². The van der Waals surface area contributed by atoms with Crippen molar-refractivity contribution in [3.8, 4) is 11.4 Å².